The minimum absolute atomic E-state index is 0.195. The maximum Gasteiger partial charge on any atom is 0.269 e. The van der Waals surface area contributed by atoms with Crippen molar-refractivity contribution in [2.75, 3.05) is 25.6 Å². The second kappa shape index (κ2) is 10.8. The summed E-state index contributed by atoms with van der Waals surface area (Å²) in [5.41, 5.74) is 6.04. The van der Waals surface area contributed by atoms with Crippen molar-refractivity contribution >= 4 is 23.4 Å². The van der Waals surface area contributed by atoms with Crippen LogP contribution in [0.15, 0.2) is 54.6 Å². The molecule has 1 atom stereocenters. The lowest BCUT2D eigenvalue weighted by Gasteiger charge is -2.22. The van der Waals surface area contributed by atoms with Crippen LogP contribution in [0.1, 0.15) is 24.2 Å². The largest absolute Gasteiger partial charge is 0.484 e. The van der Waals surface area contributed by atoms with Crippen LogP contribution in [-0.2, 0) is 9.59 Å². The number of ether oxygens (including phenoxy) is 1. The van der Waals surface area contributed by atoms with Crippen LogP contribution in [0.2, 0.25) is 0 Å². The van der Waals surface area contributed by atoms with E-state index in [1.165, 1.54) is 0 Å². The van der Waals surface area contributed by atoms with Gasteiger partial charge in [-0.05, 0) is 36.2 Å². The van der Waals surface area contributed by atoms with Gasteiger partial charge in [-0.15, -0.1) is 0 Å². The Kier molecular flexibility index (Phi) is 8.22. The third-order valence-corrected chi connectivity index (χ3v) is 4.30. The van der Waals surface area contributed by atoms with E-state index in [0.29, 0.717) is 11.3 Å². The molecule has 30 heavy (non-hydrogen) atoms. The van der Waals surface area contributed by atoms with E-state index in [0.717, 1.165) is 5.69 Å². The van der Waals surface area contributed by atoms with Crippen molar-refractivity contribution in [2.24, 2.45) is 5.92 Å². The SMILES string of the molecule is CC(C)[C@H](NC(=O)COc1ccccc1)C(=O)NNC(=O)c1cccc(N(C)C)c1. The summed E-state index contributed by atoms with van der Waals surface area (Å²) in [7, 11) is 3.74. The Morgan fingerprint density at radius 2 is 1.67 bits per heavy atom. The molecule has 0 aromatic heterocycles. The zero-order valence-corrected chi connectivity index (χ0v) is 17.6. The molecule has 2 rings (SSSR count). The van der Waals surface area contributed by atoms with Gasteiger partial charge in [-0.25, -0.2) is 0 Å². The van der Waals surface area contributed by atoms with Crippen molar-refractivity contribution in [2.45, 2.75) is 19.9 Å². The Hall–Kier alpha value is -3.55. The third kappa shape index (κ3) is 6.80. The molecule has 0 fully saturated rings. The van der Waals surface area contributed by atoms with E-state index in [4.69, 9.17) is 4.74 Å². The fraction of sp³-hybridized carbons (Fsp3) is 0.318. The van der Waals surface area contributed by atoms with Gasteiger partial charge in [-0.2, -0.15) is 0 Å². The second-order valence-corrected chi connectivity index (χ2v) is 7.28. The first-order valence-electron chi connectivity index (χ1n) is 9.62. The highest BCUT2D eigenvalue weighted by atomic mass is 16.5. The maximum atomic E-state index is 12.5. The van der Waals surface area contributed by atoms with Gasteiger partial charge in [-0.1, -0.05) is 38.1 Å². The molecule has 3 amide bonds. The number of carbonyl (C=O) groups excluding carboxylic acids is 3. The minimum Gasteiger partial charge on any atom is -0.484 e. The van der Waals surface area contributed by atoms with E-state index in [-0.39, 0.29) is 12.5 Å². The van der Waals surface area contributed by atoms with Crippen molar-refractivity contribution in [3.8, 4) is 5.75 Å². The lowest BCUT2D eigenvalue weighted by molar-refractivity contribution is -0.131. The van der Waals surface area contributed by atoms with Crippen LogP contribution in [0.3, 0.4) is 0 Å². The molecule has 0 aliphatic heterocycles. The Morgan fingerprint density at radius 1 is 0.967 bits per heavy atom. The molecule has 0 unspecified atom stereocenters. The molecule has 160 valence electrons. The zero-order valence-electron chi connectivity index (χ0n) is 17.6. The number of hydrazine groups is 1. The highest BCUT2D eigenvalue weighted by Gasteiger charge is 2.25. The number of carbonyl (C=O) groups is 3. The highest BCUT2D eigenvalue weighted by Crippen LogP contribution is 2.13. The smallest absolute Gasteiger partial charge is 0.269 e. The Labute approximate surface area is 176 Å². The molecule has 0 radical (unpaired) electrons. The van der Waals surface area contributed by atoms with Crippen LogP contribution in [0, 0.1) is 5.92 Å². The minimum atomic E-state index is -0.828. The summed E-state index contributed by atoms with van der Waals surface area (Å²) in [4.78, 5) is 38.9. The predicted octanol–water partition coefficient (Wildman–Crippen LogP) is 1.73. The second-order valence-electron chi connectivity index (χ2n) is 7.28. The van der Waals surface area contributed by atoms with Crippen molar-refractivity contribution < 1.29 is 19.1 Å². The summed E-state index contributed by atoms with van der Waals surface area (Å²) in [5, 5.41) is 2.64. The Morgan fingerprint density at radius 3 is 2.30 bits per heavy atom. The average molecular weight is 412 g/mol. The zero-order chi connectivity index (χ0) is 22.1. The van der Waals surface area contributed by atoms with E-state index in [1.807, 2.05) is 31.1 Å². The van der Waals surface area contributed by atoms with Crippen molar-refractivity contribution in [1.82, 2.24) is 16.2 Å². The van der Waals surface area contributed by atoms with Crippen LogP contribution in [0.5, 0.6) is 5.75 Å². The van der Waals surface area contributed by atoms with Crippen LogP contribution >= 0.6 is 0 Å². The number of anilines is 1. The predicted molar refractivity (Wildman–Crippen MR) is 115 cm³/mol. The van der Waals surface area contributed by atoms with Crippen molar-refractivity contribution in [3.05, 3.63) is 60.2 Å². The van der Waals surface area contributed by atoms with Gasteiger partial charge >= 0.3 is 0 Å². The van der Waals surface area contributed by atoms with Crippen LogP contribution < -0.4 is 25.8 Å². The number of hydrogen-bond acceptors (Lipinski definition) is 5. The van der Waals surface area contributed by atoms with Crippen molar-refractivity contribution in [1.29, 1.82) is 0 Å². The fourth-order valence-electron chi connectivity index (χ4n) is 2.61. The van der Waals surface area contributed by atoms with E-state index < -0.39 is 23.8 Å². The van der Waals surface area contributed by atoms with Crippen LogP contribution in [0.4, 0.5) is 5.69 Å². The molecule has 0 saturated carbocycles. The van der Waals surface area contributed by atoms with E-state index in [9.17, 15) is 14.4 Å². The van der Waals surface area contributed by atoms with Gasteiger partial charge in [0.05, 0.1) is 0 Å². The lowest BCUT2D eigenvalue weighted by atomic mass is 10.0. The number of nitrogens with zero attached hydrogens (tertiary/aromatic N) is 1. The molecule has 0 aliphatic rings. The van der Waals surface area contributed by atoms with Gasteiger partial charge in [0.2, 0.25) is 0 Å². The Balaban J connectivity index is 1.89. The number of hydrogen-bond donors (Lipinski definition) is 3. The average Bonchev–Trinajstić information content (AvgIpc) is 2.74. The molecule has 0 heterocycles. The third-order valence-electron chi connectivity index (χ3n) is 4.30. The molecule has 2 aromatic rings. The molecule has 2 aromatic carbocycles. The summed E-state index contributed by atoms with van der Waals surface area (Å²) in [6.07, 6.45) is 0. The number of rotatable bonds is 8. The summed E-state index contributed by atoms with van der Waals surface area (Å²) in [5.74, 6) is -1.04. The number of amides is 3. The molecule has 0 bridgehead atoms. The molecular weight excluding hydrogens is 384 g/mol. The van der Waals surface area contributed by atoms with E-state index >= 15 is 0 Å². The molecule has 0 aliphatic carbocycles. The summed E-state index contributed by atoms with van der Waals surface area (Å²) < 4.78 is 5.40. The van der Waals surface area contributed by atoms with Gasteiger partial charge in [0.1, 0.15) is 11.8 Å². The van der Waals surface area contributed by atoms with Crippen LogP contribution in [-0.4, -0.2) is 44.5 Å². The van der Waals surface area contributed by atoms with Gasteiger partial charge in [0.25, 0.3) is 17.7 Å². The summed E-state index contributed by atoms with van der Waals surface area (Å²) in [6.45, 7) is 3.38. The first-order valence-corrected chi connectivity index (χ1v) is 9.62. The monoisotopic (exact) mass is 412 g/mol. The standard InChI is InChI=1S/C22H28N4O4/c1-15(2)20(23-19(27)14-30-18-11-6-5-7-12-18)22(29)25-24-21(28)16-9-8-10-17(13-16)26(3)4/h5-13,15,20H,14H2,1-4H3,(H,23,27)(H,24,28)(H,25,29)/t20-/m0/s1. The highest BCUT2D eigenvalue weighted by molar-refractivity contribution is 5.97. The van der Waals surface area contributed by atoms with Crippen molar-refractivity contribution in [3.63, 3.8) is 0 Å². The van der Waals surface area contributed by atoms with Gasteiger partial charge < -0.3 is 15.0 Å². The normalized spacial score (nSPS) is 11.4. The molecule has 8 heteroatoms. The molecule has 0 spiro atoms. The van der Waals surface area contributed by atoms with Gasteiger partial charge in [-0.3, -0.25) is 25.2 Å². The quantitative estimate of drug-likeness (QED) is 0.574. The first-order chi connectivity index (χ1) is 14.3. The maximum absolute atomic E-state index is 12.5. The van der Waals surface area contributed by atoms with E-state index in [1.54, 1.807) is 56.3 Å². The Bertz CT molecular complexity index is 868. The van der Waals surface area contributed by atoms with E-state index in [2.05, 4.69) is 16.2 Å². The lowest BCUT2D eigenvalue weighted by Crippen LogP contribution is -2.55. The molecular formula is C22H28N4O4. The summed E-state index contributed by atoms with van der Waals surface area (Å²) in [6, 6.07) is 15.1. The van der Waals surface area contributed by atoms with Gasteiger partial charge in [0, 0.05) is 25.3 Å². The fourth-order valence-corrected chi connectivity index (χ4v) is 2.61. The number of nitrogens with one attached hydrogen (secondary N) is 3. The molecule has 3 N–H and O–H groups in total. The first kappa shape index (κ1) is 22.7. The summed E-state index contributed by atoms with van der Waals surface area (Å²) >= 11 is 0. The molecule has 0 saturated heterocycles. The van der Waals surface area contributed by atoms with Gasteiger partial charge in [0.15, 0.2) is 6.61 Å². The number of para-hydroxylation sites is 1. The topological polar surface area (TPSA) is 99.8 Å². The van der Waals surface area contributed by atoms with Crippen LogP contribution in [0.25, 0.3) is 0 Å². The molecule has 8 nitrogen and oxygen atoms in total. The number of benzene rings is 2.